The van der Waals surface area contributed by atoms with Gasteiger partial charge < -0.3 is 5.32 Å². The van der Waals surface area contributed by atoms with Crippen molar-refractivity contribution in [2.45, 2.75) is 24.6 Å². The highest BCUT2D eigenvalue weighted by molar-refractivity contribution is 7.98. The second kappa shape index (κ2) is 6.53. The van der Waals surface area contributed by atoms with Crippen molar-refractivity contribution in [2.24, 2.45) is 0 Å². The van der Waals surface area contributed by atoms with Crippen LogP contribution in [-0.2, 0) is 5.75 Å². The molecule has 2 aromatic rings. The molecule has 0 saturated carbocycles. The summed E-state index contributed by atoms with van der Waals surface area (Å²) in [5.41, 5.74) is 3.41. The molecule has 0 aliphatic rings. The lowest BCUT2D eigenvalue weighted by Gasteiger charge is -2.06. The Morgan fingerprint density at radius 1 is 1.29 bits per heavy atom. The predicted molar refractivity (Wildman–Crippen MR) is 83.7 cm³/mol. The van der Waals surface area contributed by atoms with Crippen LogP contribution in [-0.4, -0.2) is 21.9 Å². The Balaban J connectivity index is 2.23. The number of nitrogens with zero attached hydrogens (tertiary/aromatic N) is 3. The molecule has 1 aromatic carbocycles. The highest BCUT2D eigenvalue weighted by atomic mass is 32.2. The minimum absolute atomic E-state index is 0.0663. The minimum atomic E-state index is -0.455. The normalized spacial score (nSPS) is 10.4. The van der Waals surface area contributed by atoms with Gasteiger partial charge in [-0.25, -0.2) is 4.98 Å². The Hall–Kier alpha value is -2.15. The van der Waals surface area contributed by atoms with Gasteiger partial charge in [-0.05, 0) is 19.4 Å². The molecule has 0 radical (unpaired) electrons. The molecule has 0 aliphatic heterocycles. The number of nitro groups is 1. The average molecular weight is 304 g/mol. The minimum Gasteiger partial charge on any atom is -0.357 e. The summed E-state index contributed by atoms with van der Waals surface area (Å²) in [7, 11) is 1.68. The van der Waals surface area contributed by atoms with Crippen molar-refractivity contribution in [3.63, 3.8) is 0 Å². The second-order valence-corrected chi connectivity index (χ2v) is 5.64. The smallest absolute Gasteiger partial charge is 0.319 e. The summed E-state index contributed by atoms with van der Waals surface area (Å²) in [6, 6.07) is 6.25. The van der Waals surface area contributed by atoms with E-state index < -0.39 is 4.92 Å². The number of hydrogen-bond donors (Lipinski definition) is 1. The topological polar surface area (TPSA) is 81.0 Å². The molecule has 6 nitrogen and oxygen atoms in total. The van der Waals surface area contributed by atoms with Crippen LogP contribution in [0.2, 0.25) is 0 Å². The molecule has 0 spiro atoms. The molecule has 110 valence electrons. The molecule has 0 aliphatic carbocycles. The first kappa shape index (κ1) is 15.2. The zero-order valence-corrected chi connectivity index (χ0v) is 12.9. The number of hydrogen-bond acceptors (Lipinski definition) is 6. The average Bonchev–Trinajstić information content (AvgIpc) is 2.43. The van der Waals surface area contributed by atoms with Gasteiger partial charge in [0, 0.05) is 12.8 Å². The molecule has 0 saturated heterocycles. The fourth-order valence-electron chi connectivity index (χ4n) is 2.02. The van der Waals surface area contributed by atoms with E-state index in [1.54, 1.807) is 7.05 Å². The third-order valence-electron chi connectivity index (χ3n) is 2.81. The van der Waals surface area contributed by atoms with Crippen molar-refractivity contribution in [3.8, 4) is 0 Å². The first-order chi connectivity index (χ1) is 9.99. The predicted octanol–water partition coefficient (Wildman–Crippen LogP) is 3.34. The summed E-state index contributed by atoms with van der Waals surface area (Å²) in [6.07, 6.45) is 1.24. The van der Waals surface area contributed by atoms with Crippen molar-refractivity contribution in [3.05, 3.63) is 51.2 Å². The molecular formula is C14H16N4O2S. The van der Waals surface area contributed by atoms with E-state index in [0.29, 0.717) is 16.7 Å². The van der Waals surface area contributed by atoms with Gasteiger partial charge in [-0.15, -0.1) is 0 Å². The van der Waals surface area contributed by atoms with Gasteiger partial charge in [0.25, 0.3) is 0 Å². The Bertz CT molecular complexity index is 656. The maximum Gasteiger partial charge on any atom is 0.319 e. The van der Waals surface area contributed by atoms with E-state index in [0.717, 1.165) is 5.56 Å². The summed E-state index contributed by atoms with van der Waals surface area (Å²) in [6.45, 7) is 4.07. The highest BCUT2D eigenvalue weighted by Gasteiger charge is 2.17. The van der Waals surface area contributed by atoms with Gasteiger partial charge in [0.15, 0.2) is 5.03 Å². The van der Waals surface area contributed by atoms with E-state index in [2.05, 4.69) is 33.5 Å². The molecule has 1 heterocycles. The maximum atomic E-state index is 11.0. The molecule has 21 heavy (non-hydrogen) atoms. The fourth-order valence-corrected chi connectivity index (χ4v) is 2.91. The van der Waals surface area contributed by atoms with Gasteiger partial charge in [0.05, 0.1) is 4.92 Å². The van der Waals surface area contributed by atoms with Gasteiger partial charge >= 0.3 is 5.69 Å². The molecule has 0 amide bonds. The van der Waals surface area contributed by atoms with Gasteiger partial charge in [0.2, 0.25) is 5.95 Å². The van der Waals surface area contributed by atoms with Crippen LogP contribution < -0.4 is 5.32 Å². The fraction of sp³-hybridized carbons (Fsp3) is 0.286. The molecule has 0 bridgehead atoms. The number of rotatable bonds is 5. The van der Waals surface area contributed by atoms with Crippen molar-refractivity contribution in [1.82, 2.24) is 9.97 Å². The van der Waals surface area contributed by atoms with Crippen LogP contribution >= 0.6 is 11.8 Å². The van der Waals surface area contributed by atoms with Crippen molar-refractivity contribution in [2.75, 3.05) is 12.4 Å². The van der Waals surface area contributed by atoms with E-state index in [-0.39, 0.29) is 5.69 Å². The number of anilines is 1. The lowest BCUT2D eigenvalue weighted by molar-refractivity contribution is -0.388. The van der Waals surface area contributed by atoms with Crippen LogP contribution in [0.4, 0.5) is 11.6 Å². The lowest BCUT2D eigenvalue weighted by Crippen LogP contribution is -2.01. The molecule has 2 rings (SSSR count). The van der Waals surface area contributed by atoms with E-state index in [1.807, 2.05) is 13.8 Å². The molecule has 0 fully saturated rings. The first-order valence-corrected chi connectivity index (χ1v) is 7.37. The summed E-state index contributed by atoms with van der Waals surface area (Å²) in [4.78, 5) is 18.6. The lowest BCUT2D eigenvalue weighted by atomic mass is 10.1. The monoisotopic (exact) mass is 304 g/mol. The largest absolute Gasteiger partial charge is 0.357 e. The Morgan fingerprint density at radius 3 is 2.52 bits per heavy atom. The molecule has 1 N–H and O–H groups in total. The van der Waals surface area contributed by atoms with E-state index in [4.69, 9.17) is 0 Å². The summed E-state index contributed by atoms with van der Waals surface area (Å²) >= 11 is 1.34. The number of aryl methyl sites for hydroxylation is 2. The standard InChI is InChI=1S/C14H16N4O2S/c1-9-4-10(2)6-11(5-9)8-21-13-12(18(19)20)7-16-14(15-3)17-13/h4-7H,8H2,1-3H3,(H,15,16,17). The Labute approximate surface area is 127 Å². The zero-order chi connectivity index (χ0) is 15.4. The van der Waals surface area contributed by atoms with E-state index in [1.165, 1.54) is 29.1 Å². The van der Waals surface area contributed by atoms with Crippen LogP contribution in [0.25, 0.3) is 0 Å². The molecule has 7 heteroatoms. The Morgan fingerprint density at radius 2 is 1.95 bits per heavy atom. The molecule has 1 aromatic heterocycles. The molecule has 0 atom stereocenters. The highest BCUT2D eigenvalue weighted by Crippen LogP contribution is 2.30. The third kappa shape index (κ3) is 3.91. The summed E-state index contributed by atoms with van der Waals surface area (Å²) < 4.78 is 0. The quantitative estimate of drug-likeness (QED) is 0.395. The second-order valence-electron chi connectivity index (χ2n) is 4.68. The first-order valence-electron chi connectivity index (χ1n) is 6.38. The van der Waals surface area contributed by atoms with Crippen molar-refractivity contribution < 1.29 is 4.92 Å². The maximum absolute atomic E-state index is 11.0. The molecular weight excluding hydrogens is 288 g/mol. The van der Waals surface area contributed by atoms with Crippen LogP contribution in [0.1, 0.15) is 16.7 Å². The SMILES string of the molecule is CNc1ncc([N+](=O)[O-])c(SCc2cc(C)cc(C)c2)n1. The van der Waals surface area contributed by atoms with Crippen LogP contribution in [0.15, 0.2) is 29.4 Å². The molecule has 0 unspecified atom stereocenters. The van der Waals surface area contributed by atoms with Crippen molar-refractivity contribution >= 4 is 23.4 Å². The van der Waals surface area contributed by atoms with Crippen molar-refractivity contribution in [1.29, 1.82) is 0 Å². The number of aromatic nitrogens is 2. The summed E-state index contributed by atoms with van der Waals surface area (Å²) in [5.74, 6) is 1.01. The van der Waals surface area contributed by atoms with E-state index in [9.17, 15) is 10.1 Å². The van der Waals surface area contributed by atoms with Gasteiger partial charge in [0.1, 0.15) is 6.20 Å². The van der Waals surface area contributed by atoms with Gasteiger partial charge in [-0.1, -0.05) is 41.1 Å². The van der Waals surface area contributed by atoms with Crippen LogP contribution in [0.3, 0.4) is 0 Å². The Kier molecular flexibility index (Phi) is 4.74. The van der Waals surface area contributed by atoms with Crippen LogP contribution in [0.5, 0.6) is 0 Å². The van der Waals surface area contributed by atoms with Gasteiger partial charge in [-0.3, -0.25) is 10.1 Å². The number of nitrogens with one attached hydrogen (secondary N) is 1. The number of benzene rings is 1. The number of thioether (sulfide) groups is 1. The van der Waals surface area contributed by atoms with Crippen LogP contribution in [0, 0.1) is 24.0 Å². The summed E-state index contributed by atoms with van der Waals surface area (Å²) in [5, 5.41) is 14.2. The van der Waals surface area contributed by atoms with Gasteiger partial charge in [-0.2, -0.15) is 4.98 Å². The van der Waals surface area contributed by atoms with E-state index >= 15 is 0 Å². The zero-order valence-electron chi connectivity index (χ0n) is 12.1. The third-order valence-corrected chi connectivity index (χ3v) is 3.86.